The Morgan fingerprint density at radius 3 is 2.51 bits per heavy atom. The number of nitrogens with zero attached hydrogens (tertiary/aromatic N) is 3. The molecule has 0 radical (unpaired) electrons. The number of benzene rings is 1. The maximum Gasteiger partial charge on any atom is 0.281 e. The molecular formula is C25H28FN5O3S. The van der Waals surface area contributed by atoms with Gasteiger partial charge in [0.1, 0.15) is 17.5 Å². The maximum atomic E-state index is 14.2. The van der Waals surface area contributed by atoms with Gasteiger partial charge in [0.25, 0.3) is 15.9 Å². The zero-order valence-electron chi connectivity index (χ0n) is 20.0. The summed E-state index contributed by atoms with van der Waals surface area (Å²) >= 11 is 0. The fourth-order valence-corrected chi connectivity index (χ4v) is 5.23. The highest BCUT2D eigenvalue weighted by molar-refractivity contribution is 7.90. The highest BCUT2D eigenvalue weighted by Gasteiger charge is 2.41. The minimum absolute atomic E-state index is 0.0188. The van der Waals surface area contributed by atoms with Crippen molar-refractivity contribution in [1.82, 2.24) is 14.7 Å². The summed E-state index contributed by atoms with van der Waals surface area (Å²) in [6.07, 6.45) is 0.879. The average Bonchev–Trinajstić information content (AvgIpc) is 3.07. The molecule has 0 spiro atoms. The van der Waals surface area contributed by atoms with Crippen LogP contribution in [0.25, 0.3) is 11.3 Å². The number of anilines is 2. The number of amides is 1. The molecule has 0 aliphatic carbocycles. The Kier molecular flexibility index (Phi) is 6.27. The van der Waals surface area contributed by atoms with Gasteiger partial charge in [-0.15, -0.1) is 0 Å². The van der Waals surface area contributed by atoms with Gasteiger partial charge in [-0.1, -0.05) is 25.1 Å². The lowest BCUT2D eigenvalue weighted by molar-refractivity contribution is 0.0981. The second kappa shape index (κ2) is 8.92. The third-order valence-corrected chi connectivity index (χ3v) is 8.09. The number of rotatable bonds is 5. The lowest BCUT2D eigenvalue weighted by atomic mass is 9.90. The molecule has 10 heteroatoms. The van der Waals surface area contributed by atoms with E-state index in [4.69, 9.17) is 10.7 Å². The number of aromatic nitrogens is 2. The standard InChI is InChI=1S/C25H28FN5O3S/c1-15-13-14-31(25(15,3)4)23-18(11-12-20(28-23)17-7-5-8-19(26)16(17)2)24(32)30-35(33,34)22-10-6-9-21(27)29-22/h5-12,15H,13-14H2,1-4H3,(H2,27,29)(H,30,32). The monoisotopic (exact) mass is 497 g/mol. The van der Waals surface area contributed by atoms with Gasteiger partial charge in [0, 0.05) is 17.6 Å². The molecule has 1 fully saturated rings. The van der Waals surface area contributed by atoms with Crippen LogP contribution in [-0.2, 0) is 10.0 Å². The van der Waals surface area contributed by atoms with Gasteiger partial charge < -0.3 is 10.6 Å². The summed E-state index contributed by atoms with van der Waals surface area (Å²) in [6.45, 7) is 8.54. The number of nitrogens with two attached hydrogens (primary N) is 1. The third kappa shape index (κ3) is 4.58. The zero-order chi connectivity index (χ0) is 25.5. The van der Waals surface area contributed by atoms with E-state index in [9.17, 15) is 17.6 Å². The molecule has 184 valence electrons. The van der Waals surface area contributed by atoms with E-state index in [0.29, 0.717) is 35.1 Å². The number of halogens is 1. The lowest BCUT2D eigenvalue weighted by Crippen LogP contribution is -2.43. The van der Waals surface area contributed by atoms with Gasteiger partial charge in [0.15, 0.2) is 5.03 Å². The smallest absolute Gasteiger partial charge is 0.281 e. The lowest BCUT2D eigenvalue weighted by Gasteiger charge is -2.36. The SMILES string of the molecule is Cc1c(F)cccc1-c1ccc(C(=O)NS(=O)(=O)c2cccc(N)n2)c(N2CCC(C)C2(C)C)n1. The quantitative estimate of drug-likeness (QED) is 0.548. The van der Waals surface area contributed by atoms with Gasteiger partial charge in [-0.3, -0.25) is 4.79 Å². The highest BCUT2D eigenvalue weighted by atomic mass is 32.2. The molecule has 1 unspecified atom stereocenters. The molecule has 1 saturated heterocycles. The van der Waals surface area contributed by atoms with E-state index in [0.717, 1.165) is 6.42 Å². The molecule has 3 heterocycles. The number of carbonyl (C=O) groups excluding carboxylic acids is 1. The molecule has 1 aliphatic heterocycles. The number of carbonyl (C=O) groups is 1. The normalized spacial score (nSPS) is 17.4. The van der Waals surface area contributed by atoms with Crippen molar-refractivity contribution < 1.29 is 17.6 Å². The van der Waals surface area contributed by atoms with E-state index in [2.05, 4.69) is 30.5 Å². The molecule has 1 amide bonds. The van der Waals surface area contributed by atoms with Gasteiger partial charge in [-0.2, -0.15) is 8.42 Å². The van der Waals surface area contributed by atoms with E-state index in [-0.39, 0.29) is 27.8 Å². The first kappa shape index (κ1) is 24.6. The van der Waals surface area contributed by atoms with Gasteiger partial charge in [-0.05, 0) is 69.0 Å². The van der Waals surface area contributed by atoms with Gasteiger partial charge in [0.05, 0.1) is 11.3 Å². The van der Waals surface area contributed by atoms with Gasteiger partial charge >= 0.3 is 0 Å². The van der Waals surface area contributed by atoms with Crippen LogP contribution in [-0.4, -0.2) is 36.4 Å². The Morgan fingerprint density at radius 1 is 1.14 bits per heavy atom. The second-order valence-corrected chi connectivity index (χ2v) is 10.9. The van der Waals surface area contributed by atoms with Crippen LogP contribution in [0.4, 0.5) is 16.0 Å². The summed E-state index contributed by atoms with van der Waals surface area (Å²) in [5.74, 6) is -0.530. The van der Waals surface area contributed by atoms with E-state index in [1.165, 1.54) is 30.3 Å². The summed E-state index contributed by atoms with van der Waals surface area (Å²) in [4.78, 5) is 23.9. The molecule has 1 atom stereocenters. The van der Waals surface area contributed by atoms with Crippen molar-refractivity contribution in [3.05, 3.63) is 65.5 Å². The molecule has 8 nitrogen and oxygen atoms in total. The summed E-state index contributed by atoms with van der Waals surface area (Å²) < 4.78 is 42.0. The van der Waals surface area contributed by atoms with E-state index >= 15 is 0 Å². The molecule has 1 aromatic carbocycles. The molecule has 35 heavy (non-hydrogen) atoms. The van der Waals surface area contributed by atoms with Crippen LogP contribution in [0.3, 0.4) is 0 Å². The van der Waals surface area contributed by atoms with Crippen LogP contribution < -0.4 is 15.4 Å². The summed E-state index contributed by atoms with van der Waals surface area (Å²) in [6, 6.07) is 12.0. The van der Waals surface area contributed by atoms with Crippen molar-refractivity contribution in [2.24, 2.45) is 5.92 Å². The van der Waals surface area contributed by atoms with Crippen molar-refractivity contribution in [2.45, 2.75) is 44.7 Å². The minimum atomic E-state index is -4.27. The van der Waals surface area contributed by atoms with Gasteiger partial charge in [0.2, 0.25) is 0 Å². The predicted octanol–water partition coefficient (Wildman–Crippen LogP) is 3.92. The number of hydrogen-bond acceptors (Lipinski definition) is 7. The Balaban J connectivity index is 1.80. The Bertz CT molecular complexity index is 1410. The summed E-state index contributed by atoms with van der Waals surface area (Å²) in [7, 11) is -4.27. The van der Waals surface area contributed by atoms with Crippen LogP contribution >= 0.6 is 0 Å². The fourth-order valence-electron chi connectivity index (χ4n) is 4.29. The predicted molar refractivity (Wildman–Crippen MR) is 133 cm³/mol. The van der Waals surface area contributed by atoms with E-state index in [1.54, 1.807) is 25.1 Å². The van der Waals surface area contributed by atoms with Crippen molar-refractivity contribution in [3.8, 4) is 11.3 Å². The molecule has 0 bridgehead atoms. The average molecular weight is 498 g/mol. The van der Waals surface area contributed by atoms with Crippen LogP contribution in [0.2, 0.25) is 0 Å². The molecular weight excluding hydrogens is 469 g/mol. The van der Waals surface area contributed by atoms with Crippen LogP contribution in [0.1, 0.15) is 43.1 Å². The van der Waals surface area contributed by atoms with Gasteiger partial charge in [-0.25, -0.2) is 19.1 Å². The van der Waals surface area contributed by atoms with E-state index in [1.807, 2.05) is 4.90 Å². The first-order valence-electron chi connectivity index (χ1n) is 11.3. The van der Waals surface area contributed by atoms with E-state index < -0.39 is 15.9 Å². The number of pyridine rings is 2. The van der Waals surface area contributed by atoms with Crippen molar-refractivity contribution in [2.75, 3.05) is 17.2 Å². The van der Waals surface area contributed by atoms with Crippen LogP contribution in [0, 0.1) is 18.7 Å². The first-order valence-corrected chi connectivity index (χ1v) is 12.7. The highest BCUT2D eigenvalue weighted by Crippen LogP contribution is 2.39. The summed E-state index contributed by atoms with van der Waals surface area (Å²) in [5, 5.41) is -0.359. The Labute approximate surface area is 204 Å². The number of nitrogen functional groups attached to an aromatic ring is 1. The number of nitrogens with one attached hydrogen (secondary N) is 1. The molecule has 3 N–H and O–H groups in total. The van der Waals surface area contributed by atoms with Crippen molar-refractivity contribution >= 4 is 27.6 Å². The molecule has 4 rings (SSSR count). The fraction of sp³-hybridized carbons (Fsp3) is 0.320. The molecule has 0 saturated carbocycles. The molecule has 1 aliphatic rings. The number of sulfonamides is 1. The Hall–Kier alpha value is -3.53. The van der Waals surface area contributed by atoms with Crippen LogP contribution in [0.15, 0.2) is 53.6 Å². The maximum absolute atomic E-state index is 14.2. The largest absolute Gasteiger partial charge is 0.384 e. The third-order valence-electron chi connectivity index (χ3n) is 6.85. The first-order chi connectivity index (χ1) is 16.4. The number of hydrogen-bond donors (Lipinski definition) is 2. The Morgan fingerprint density at radius 2 is 1.86 bits per heavy atom. The zero-order valence-corrected chi connectivity index (χ0v) is 20.9. The van der Waals surface area contributed by atoms with Crippen molar-refractivity contribution in [3.63, 3.8) is 0 Å². The van der Waals surface area contributed by atoms with Crippen molar-refractivity contribution in [1.29, 1.82) is 0 Å². The molecule has 3 aromatic rings. The topological polar surface area (TPSA) is 118 Å². The molecule has 2 aromatic heterocycles. The summed E-state index contributed by atoms with van der Waals surface area (Å²) in [5.41, 5.74) is 6.89. The second-order valence-electron chi connectivity index (χ2n) is 9.31. The minimum Gasteiger partial charge on any atom is -0.384 e. The van der Waals surface area contributed by atoms with Crippen LogP contribution in [0.5, 0.6) is 0 Å².